The summed E-state index contributed by atoms with van der Waals surface area (Å²) in [4.78, 5) is 10.6. The van der Waals surface area contributed by atoms with Gasteiger partial charge in [-0.05, 0) is 29.7 Å². The number of nitrogens with zero attached hydrogens (tertiary/aromatic N) is 4. The first-order valence-electron chi connectivity index (χ1n) is 6.16. The second-order valence-electron chi connectivity index (χ2n) is 4.71. The van der Waals surface area contributed by atoms with Gasteiger partial charge in [0, 0.05) is 5.41 Å². The van der Waals surface area contributed by atoms with Crippen molar-refractivity contribution in [3.8, 4) is 0 Å². The van der Waals surface area contributed by atoms with Gasteiger partial charge in [-0.3, -0.25) is 4.79 Å². The smallest absolute Gasteiger partial charge is 0.305 e. The number of rotatable bonds is 5. The molecule has 17 heavy (non-hydrogen) atoms. The fourth-order valence-corrected chi connectivity index (χ4v) is 2.72. The number of carbonyl (C=O) groups is 1. The highest BCUT2D eigenvalue weighted by Crippen LogP contribution is 2.42. The quantitative estimate of drug-likeness (QED) is 0.837. The van der Waals surface area contributed by atoms with E-state index in [9.17, 15) is 4.79 Å². The van der Waals surface area contributed by atoms with Crippen LogP contribution < -0.4 is 0 Å². The molecule has 6 heteroatoms. The molecule has 1 N–H and O–H groups in total. The molecule has 1 aromatic heterocycles. The number of aromatic nitrogens is 4. The van der Waals surface area contributed by atoms with Gasteiger partial charge in [-0.25, -0.2) is 4.68 Å². The lowest BCUT2D eigenvalue weighted by atomic mass is 9.82. The van der Waals surface area contributed by atoms with Crippen molar-refractivity contribution in [3.05, 3.63) is 5.82 Å². The molecule has 94 valence electrons. The standard InChI is InChI=1S/C11H18N4O2/c1-2-11(6-3-4-7-11)10-12-13-14-15(10)8-5-9(16)17/h2-8H2,1H3,(H,16,17). The highest BCUT2D eigenvalue weighted by Gasteiger charge is 2.38. The number of tetrazole rings is 1. The summed E-state index contributed by atoms with van der Waals surface area (Å²) in [6.07, 6.45) is 5.71. The van der Waals surface area contributed by atoms with Gasteiger partial charge >= 0.3 is 5.97 Å². The molecule has 1 aromatic rings. The zero-order valence-corrected chi connectivity index (χ0v) is 10.1. The Kier molecular flexibility index (Phi) is 3.40. The largest absolute Gasteiger partial charge is 0.481 e. The first kappa shape index (κ1) is 12.0. The highest BCUT2D eigenvalue weighted by molar-refractivity contribution is 5.66. The zero-order chi connectivity index (χ0) is 12.3. The molecule has 0 saturated heterocycles. The van der Waals surface area contributed by atoms with Gasteiger partial charge in [0.2, 0.25) is 0 Å². The zero-order valence-electron chi connectivity index (χ0n) is 10.1. The van der Waals surface area contributed by atoms with Crippen LogP contribution in [0.5, 0.6) is 0 Å². The van der Waals surface area contributed by atoms with Crippen molar-refractivity contribution in [3.63, 3.8) is 0 Å². The minimum absolute atomic E-state index is 0.0673. The first-order valence-corrected chi connectivity index (χ1v) is 6.16. The van der Waals surface area contributed by atoms with Gasteiger partial charge in [0.15, 0.2) is 5.82 Å². The third kappa shape index (κ3) is 2.30. The van der Waals surface area contributed by atoms with Gasteiger partial charge in [-0.1, -0.05) is 19.8 Å². The van der Waals surface area contributed by atoms with E-state index in [2.05, 4.69) is 22.4 Å². The normalized spacial score (nSPS) is 18.4. The summed E-state index contributed by atoms with van der Waals surface area (Å²) in [5.74, 6) is 0.0576. The molecule has 0 aliphatic heterocycles. The molecule has 6 nitrogen and oxygen atoms in total. The summed E-state index contributed by atoms with van der Waals surface area (Å²) < 4.78 is 1.67. The highest BCUT2D eigenvalue weighted by atomic mass is 16.4. The van der Waals surface area contributed by atoms with Crippen LogP contribution in [0.2, 0.25) is 0 Å². The minimum Gasteiger partial charge on any atom is -0.481 e. The van der Waals surface area contributed by atoms with E-state index in [4.69, 9.17) is 5.11 Å². The third-order valence-electron chi connectivity index (χ3n) is 3.78. The van der Waals surface area contributed by atoms with Crippen molar-refractivity contribution in [1.82, 2.24) is 20.2 Å². The van der Waals surface area contributed by atoms with Crippen molar-refractivity contribution < 1.29 is 9.90 Å². The van der Waals surface area contributed by atoms with Crippen LogP contribution in [0.4, 0.5) is 0 Å². The predicted octanol–water partition coefficient (Wildman–Crippen LogP) is 1.37. The van der Waals surface area contributed by atoms with Crippen LogP contribution in [0, 0.1) is 0 Å². The van der Waals surface area contributed by atoms with Crippen molar-refractivity contribution in [1.29, 1.82) is 0 Å². The van der Waals surface area contributed by atoms with E-state index in [1.807, 2.05) is 0 Å². The van der Waals surface area contributed by atoms with E-state index in [0.29, 0.717) is 6.54 Å². The number of hydrogen-bond donors (Lipinski definition) is 1. The van der Waals surface area contributed by atoms with E-state index in [0.717, 1.165) is 25.1 Å². The van der Waals surface area contributed by atoms with Crippen molar-refractivity contribution >= 4 is 5.97 Å². The van der Waals surface area contributed by atoms with Crippen LogP contribution in [0.1, 0.15) is 51.3 Å². The Balaban J connectivity index is 2.19. The van der Waals surface area contributed by atoms with Crippen LogP contribution in [0.3, 0.4) is 0 Å². The van der Waals surface area contributed by atoms with Crippen LogP contribution >= 0.6 is 0 Å². The molecular weight excluding hydrogens is 220 g/mol. The van der Waals surface area contributed by atoms with Crippen LogP contribution in [-0.2, 0) is 16.8 Å². The molecule has 1 fully saturated rings. The second kappa shape index (κ2) is 4.81. The SMILES string of the molecule is CCC1(c2nnnn2CCC(=O)O)CCCC1. The second-order valence-corrected chi connectivity index (χ2v) is 4.71. The Bertz CT molecular complexity index is 396. The number of aryl methyl sites for hydroxylation is 1. The molecule has 1 heterocycles. The molecule has 0 atom stereocenters. The molecule has 1 aliphatic rings. The minimum atomic E-state index is -0.816. The Hall–Kier alpha value is -1.46. The maximum Gasteiger partial charge on any atom is 0.305 e. The Labute approximate surface area is 100 Å². The Morgan fingerprint density at radius 1 is 1.47 bits per heavy atom. The number of carboxylic acid groups (broad SMARTS) is 1. The maximum absolute atomic E-state index is 10.6. The lowest BCUT2D eigenvalue weighted by Crippen LogP contribution is -2.27. The van der Waals surface area contributed by atoms with E-state index in [-0.39, 0.29) is 11.8 Å². The van der Waals surface area contributed by atoms with Crippen LogP contribution in [-0.4, -0.2) is 31.3 Å². The summed E-state index contributed by atoms with van der Waals surface area (Å²) in [7, 11) is 0. The van der Waals surface area contributed by atoms with Gasteiger partial charge in [0.05, 0.1) is 13.0 Å². The first-order chi connectivity index (χ1) is 8.18. The van der Waals surface area contributed by atoms with Gasteiger partial charge in [0.1, 0.15) is 0 Å². The summed E-state index contributed by atoms with van der Waals surface area (Å²) in [5.41, 5.74) is 0.0714. The van der Waals surface area contributed by atoms with Gasteiger partial charge in [-0.15, -0.1) is 5.10 Å². The molecule has 2 rings (SSSR count). The fourth-order valence-electron chi connectivity index (χ4n) is 2.72. The molecule has 0 aromatic carbocycles. The van der Waals surface area contributed by atoms with Gasteiger partial charge in [-0.2, -0.15) is 0 Å². The molecule has 0 unspecified atom stereocenters. The predicted molar refractivity (Wildman–Crippen MR) is 60.5 cm³/mol. The fraction of sp³-hybridized carbons (Fsp3) is 0.818. The molecule has 0 spiro atoms. The average Bonchev–Trinajstić information content (AvgIpc) is 2.95. The number of carboxylic acids is 1. The van der Waals surface area contributed by atoms with E-state index >= 15 is 0 Å². The van der Waals surface area contributed by atoms with Gasteiger partial charge < -0.3 is 5.11 Å². The monoisotopic (exact) mass is 238 g/mol. The van der Waals surface area contributed by atoms with Crippen LogP contribution in [0.15, 0.2) is 0 Å². The number of hydrogen-bond acceptors (Lipinski definition) is 4. The summed E-state index contributed by atoms with van der Waals surface area (Å²) in [6, 6.07) is 0. The molecule has 1 aliphatic carbocycles. The van der Waals surface area contributed by atoms with Gasteiger partial charge in [0.25, 0.3) is 0 Å². The molecule has 0 radical (unpaired) electrons. The topological polar surface area (TPSA) is 80.9 Å². The maximum atomic E-state index is 10.6. The third-order valence-corrected chi connectivity index (χ3v) is 3.78. The Morgan fingerprint density at radius 2 is 2.18 bits per heavy atom. The van der Waals surface area contributed by atoms with E-state index in [1.54, 1.807) is 4.68 Å². The van der Waals surface area contributed by atoms with Crippen LogP contribution in [0.25, 0.3) is 0 Å². The van der Waals surface area contributed by atoms with E-state index < -0.39 is 5.97 Å². The van der Waals surface area contributed by atoms with Crippen molar-refractivity contribution in [2.45, 2.75) is 57.4 Å². The molecular formula is C11H18N4O2. The molecule has 1 saturated carbocycles. The van der Waals surface area contributed by atoms with E-state index in [1.165, 1.54) is 12.8 Å². The van der Waals surface area contributed by atoms with Crippen molar-refractivity contribution in [2.75, 3.05) is 0 Å². The van der Waals surface area contributed by atoms with Crippen molar-refractivity contribution in [2.24, 2.45) is 0 Å². The summed E-state index contributed by atoms with van der Waals surface area (Å²) in [6.45, 7) is 2.51. The Morgan fingerprint density at radius 3 is 2.76 bits per heavy atom. The lowest BCUT2D eigenvalue weighted by molar-refractivity contribution is -0.137. The average molecular weight is 238 g/mol. The summed E-state index contributed by atoms with van der Waals surface area (Å²) >= 11 is 0. The number of aliphatic carboxylic acids is 1. The lowest BCUT2D eigenvalue weighted by Gasteiger charge is -2.25. The summed E-state index contributed by atoms with van der Waals surface area (Å²) in [5, 5.41) is 20.5. The molecule has 0 bridgehead atoms. The molecule has 0 amide bonds.